The van der Waals surface area contributed by atoms with Crippen LogP contribution in [0.1, 0.15) is 11.3 Å². The zero-order chi connectivity index (χ0) is 7.40. The molecule has 0 N–H and O–H groups in total. The molecule has 0 bridgehead atoms. The Labute approximate surface area is 59.9 Å². The van der Waals surface area contributed by atoms with E-state index in [9.17, 15) is 0 Å². The Kier molecular flexibility index (Phi) is 2.05. The second-order valence-electron chi connectivity index (χ2n) is 1.93. The first kappa shape index (κ1) is 6.81. The van der Waals surface area contributed by atoms with Gasteiger partial charge in [-0.1, -0.05) is 0 Å². The molecule has 0 aromatic carbocycles. The van der Waals surface area contributed by atoms with E-state index in [0.717, 1.165) is 11.3 Å². The van der Waals surface area contributed by atoms with E-state index in [1.165, 1.54) is 0 Å². The average molecular weight is 135 g/mol. The van der Waals surface area contributed by atoms with Crippen LogP contribution in [-0.4, -0.2) is 6.72 Å². The lowest BCUT2D eigenvalue weighted by atomic mass is 10.2. The zero-order valence-corrected chi connectivity index (χ0v) is 5.87. The van der Waals surface area contributed by atoms with Gasteiger partial charge in [0.2, 0.25) is 0 Å². The summed E-state index contributed by atoms with van der Waals surface area (Å²) < 4.78 is 5.05. The van der Waals surface area contributed by atoms with Gasteiger partial charge in [0, 0.05) is 11.8 Å². The highest BCUT2D eigenvalue weighted by Crippen LogP contribution is 2.09. The van der Waals surface area contributed by atoms with Crippen molar-refractivity contribution in [2.75, 3.05) is 0 Å². The molecule has 1 aromatic heterocycles. The number of furan rings is 1. The zero-order valence-electron chi connectivity index (χ0n) is 5.87. The van der Waals surface area contributed by atoms with Crippen LogP contribution in [0.4, 0.5) is 0 Å². The van der Waals surface area contributed by atoms with Crippen molar-refractivity contribution < 1.29 is 4.42 Å². The highest BCUT2D eigenvalue weighted by molar-refractivity contribution is 5.51. The van der Waals surface area contributed by atoms with Gasteiger partial charge >= 0.3 is 0 Å². The highest BCUT2D eigenvalue weighted by atomic mass is 16.3. The Bertz CT molecular complexity index is 248. The molecule has 0 fully saturated rings. The summed E-state index contributed by atoms with van der Waals surface area (Å²) in [5.74, 6) is 0.903. The smallest absolute Gasteiger partial charge is 0.107 e. The maximum atomic E-state index is 5.05. The number of aliphatic imine (C=N–C) groups is 1. The summed E-state index contributed by atoms with van der Waals surface area (Å²) in [6.45, 7) is 5.23. The summed E-state index contributed by atoms with van der Waals surface area (Å²) in [7, 11) is 0. The van der Waals surface area contributed by atoms with E-state index in [1.807, 2.05) is 19.1 Å². The summed E-state index contributed by atoms with van der Waals surface area (Å²) in [6.07, 6.45) is 5.14. The Balaban J connectivity index is 2.83. The van der Waals surface area contributed by atoms with Crippen molar-refractivity contribution >= 4 is 12.8 Å². The van der Waals surface area contributed by atoms with Gasteiger partial charge in [0.05, 0.1) is 6.26 Å². The van der Waals surface area contributed by atoms with Crippen LogP contribution in [0.15, 0.2) is 27.9 Å². The first-order valence-electron chi connectivity index (χ1n) is 3.01. The quantitative estimate of drug-likeness (QED) is 0.571. The first-order chi connectivity index (χ1) is 4.84. The predicted molar refractivity (Wildman–Crippen MR) is 42.0 cm³/mol. The summed E-state index contributed by atoms with van der Waals surface area (Å²) in [6, 6.07) is 1.89. The van der Waals surface area contributed by atoms with Gasteiger partial charge in [-0.3, -0.25) is 4.99 Å². The van der Waals surface area contributed by atoms with Gasteiger partial charge in [-0.05, 0) is 25.8 Å². The van der Waals surface area contributed by atoms with Crippen LogP contribution >= 0.6 is 0 Å². The molecule has 1 heterocycles. The average Bonchev–Trinajstić information content (AvgIpc) is 2.31. The van der Waals surface area contributed by atoms with E-state index in [1.54, 1.807) is 12.5 Å². The molecule has 0 saturated heterocycles. The summed E-state index contributed by atoms with van der Waals surface area (Å²) in [5, 5.41) is 0. The minimum atomic E-state index is 0.903. The van der Waals surface area contributed by atoms with Gasteiger partial charge in [-0.2, -0.15) is 0 Å². The van der Waals surface area contributed by atoms with Crippen molar-refractivity contribution in [3.8, 4) is 0 Å². The molecule has 0 atom stereocenters. The van der Waals surface area contributed by atoms with E-state index < -0.39 is 0 Å². The van der Waals surface area contributed by atoms with Gasteiger partial charge in [-0.15, -0.1) is 0 Å². The molecule has 0 unspecified atom stereocenters. The van der Waals surface area contributed by atoms with Crippen LogP contribution < -0.4 is 0 Å². The van der Waals surface area contributed by atoms with Crippen molar-refractivity contribution in [3.05, 3.63) is 29.9 Å². The topological polar surface area (TPSA) is 25.5 Å². The summed E-state index contributed by atoms with van der Waals surface area (Å²) in [5.41, 5.74) is 1.05. The van der Waals surface area contributed by atoms with Gasteiger partial charge in [0.15, 0.2) is 0 Å². The molecule has 0 aliphatic rings. The second-order valence-corrected chi connectivity index (χ2v) is 1.93. The van der Waals surface area contributed by atoms with Gasteiger partial charge in [-0.25, -0.2) is 0 Å². The molecule has 0 aliphatic heterocycles. The third-order valence-electron chi connectivity index (χ3n) is 1.26. The van der Waals surface area contributed by atoms with E-state index in [-0.39, 0.29) is 0 Å². The third-order valence-corrected chi connectivity index (χ3v) is 1.26. The third kappa shape index (κ3) is 1.35. The molecule has 0 amide bonds. The largest absolute Gasteiger partial charge is 0.469 e. The molecule has 52 valence electrons. The lowest BCUT2D eigenvalue weighted by Crippen LogP contribution is -1.67. The normalized spacial score (nSPS) is 10.5. The molecule has 0 radical (unpaired) electrons. The molecule has 10 heavy (non-hydrogen) atoms. The molecule has 0 spiro atoms. The Morgan fingerprint density at radius 3 is 3.00 bits per heavy atom. The number of hydrogen-bond acceptors (Lipinski definition) is 2. The molecular formula is C8H9NO. The van der Waals surface area contributed by atoms with E-state index in [0.29, 0.717) is 0 Å². The van der Waals surface area contributed by atoms with Crippen LogP contribution in [0, 0.1) is 6.92 Å². The minimum Gasteiger partial charge on any atom is -0.469 e. The molecule has 2 heteroatoms. The maximum absolute atomic E-state index is 5.05. The molecule has 0 saturated carbocycles. The molecular weight excluding hydrogens is 126 g/mol. The molecule has 1 rings (SSSR count). The van der Waals surface area contributed by atoms with Crippen molar-refractivity contribution in [2.45, 2.75) is 6.92 Å². The van der Waals surface area contributed by atoms with Crippen molar-refractivity contribution in [3.63, 3.8) is 0 Å². The van der Waals surface area contributed by atoms with E-state index in [4.69, 9.17) is 4.42 Å². The fourth-order valence-corrected chi connectivity index (χ4v) is 0.701. The van der Waals surface area contributed by atoms with Crippen LogP contribution in [0.3, 0.4) is 0 Å². The Morgan fingerprint density at radius 1 is 1.70 bits per heavy atom. The molecule has 1 aromatic rings. The summed E-state index contributed by atoms with van der Waals surface area (Å²) >= 11 is 0. The van der Waals surface area contributed by atoms with Crippen LogP contribution in [0.2, 0.25) is 0 Å². The van der Waals surface area contributed by atoms with Gasteiger partial charge in [0.1, 0.15) is 5.76 Å². The minimum absolute atomic E-state index is 0.903. The van der Waals surface area contributed by atoms with Crippen LogP contribution in [-0.2, 0) is 0 Å². The van der Waals surface area contributed by atoms with Gasteiger partial charge in [0.25, 0.3) is 0 Å². The molecule has 0 aliphatic carbocycles. The fourth-order valence-electron chi connectivity index (χ4n) is 0.701. The van der Waals surface area contributed by atoms with Crippen molar-refractivity contribution in [2.24, 2.45) is 4.99 Å². The fraction of sp³-hybridized carbons (Fsp3) is 0.125. The van der Waals surface area contributed by atoms with Crippen molar-refractivity contribution in [1.29, 1.82) is 0 Å². The number of rotatable bonds is 2. The van der Waals surface area contributed by atoms with Crippen LogP contribution in [0.5, 0.6) is 0 Å². The highest BCUT2D eigenvalue weighted by Gasteiger charge is 1.93. The second kappa shape index (κ2) is 3.01. The molecule has 2 nitrogen and oxygen atoms in total. The Morgan fingerprint density at radius 2 is 2.50 bits per heavy atom. The number of nitrogens with zero attached hydrogens (tertiary/aromatic N) is 1. The SMILES string of the molecule is C=N/C=C\c1ccoc1C. The standard InChI is InChI=1S/C8H9NO/c1-7-8(3-5-9-2)4-6-10-7/h3-6H,2H2,1H3/b5-3-. The summed E-state index contributed by atoms with van der Waals surface area (Å²) in [4.78, 5) is 3.58. The number of hydrogen-bond donors (Lipinski definition) is 0. The van der Waals surface area contributed by atoms with Gasteiger partial charge < -0.3 is 4.42 Å². The van der Waals surface area contributed by atoms with E-state index in [2.05, 4.69) is 11.7 Å². The van der Waals surface area contributed by atoms with E-state index >= 15 is 0 Å². The number of aryl methyl sites for hydroxylation is 1. The Hall–Kier alpha value is -1.31. The van der Waals surface area contributed by atoms with Crippen molar-refractivity contribution in [1.82, 2.24) is 0 Å². The lowest BCUT2D eigenvalue weighted by molar-refractivity contribution is 0.533. The first-order valence-corrected chi connectivity index (χ1v) is 3.01. The maximum Gasteiger partial charge on any atom is 0.107 e. The van der Waals surface area contributed by atoms with Crippen LogP contribution in [0.25, 0.3) is 6.08 Å². The predicted octanol–water partition coefficient (Wildman–Crippen LogP) is 2.26. The monoisotopic (exact) mass is 135 g/mol. The lowest BCUT2D eigenvalue weighted by Gasteiger charge is -1.83.